The van der Waals surface area contributed by atoms with E-state index in [1.807, 2.05) is 36.2 Å². The maximum Gasteiger partial charge on any atom is 0.224 e. The molecule has 1 N–H and O–H groups in total. The van der Waals surface area contributed by atoms with Crippen LogP contribution in [0.4, 0.5) is 5.69 Å². The molecule has 2 aliphatic heterocycles. The van der Waals surface area contributed by atoms with Crippen LogP contribution < -0.4 is 15.0 Å². The molecule has 0 radical (unpaired) electrons. The standard InChI is InChI=1S/C21H30N6O2/c1-25(17-6-3-7-18(13-17)29-2)11-8-20(28)26-10-4-5-16(15-26)21-24-23-19-14-22-9-12-27(19)21/h3,6-7,13,16,22H,4-5,8-12,14-15H2,1-2H3/t16-/m0/s1. The number of nitrogens with one attached hydrogen (secondary N) is 1. The fourth-order valence-electron chi connectivity index (χ4n) is 4.23. The predicted octanol–water partition coefficient (Wildman–Crippen LogP) is 1.62. The van der Waals surface area contributed by atoms with Gasteiger partial charge in [0.2, 0.25) is 5.91 Å². The first-order valence-corrected chi connectivity index (χ1v) is 10.4. The molecule has 1 aromatic heterocycles. The van der Waals surface area contributed by atoms with Gasteiger partial charge in [-0.3, -0.25) is 4.79 Å². The zero-order valence-corrected chi connectivity index (χ0v) is 17.3. The van der Waals surface area contributed by atoms with Crippen molar-refractivity contribution in [2.45, 2.75) is 38.3 Å². The topological polar surface area (TPSA) is 75.5 Å². The van der Waals surface area contributed by atoms with Gasteiger partial charge >= 0.3 is 0 Å². The molecule has 8 nitrogen and oxygen atoms in total. The van der Waals surface area contributed by atoms with E-state index < -0.39 is 0 Å². The van der Waals surface area contributed by atoms with Crippen molar-refractivity contribution in [3.05, 3.63) is 35.9 Å². The lowest BCUT2D eigenvalue weighted by atomic mass is 9.96. The minimum absolute atomic E-state index is 0.212. The van der Waals surface area contributed by atoms with Crippen LogP contribution in [-0.2, 0) is 17.9 Å². The Hall–Kier alpha value is -2.61. The SMILES string of the molecule is COc1cccc(N(C)CCC(=O)N2CCC[C@H](c3nnc4n3CCNC4)C2)c1. The third kappa shape index (κ3) is 4.37. The number of likely N-dealkylation sites (tertiary alicyclic amines) is 1. The van der Waals surface area contributed by atoms with Gasteiger partial charge in [-0.05, 0) is 25.0 Å². The molecular weight excluding hydrogens is 368 g/mol. The summed E-state index contributed by atoms with van der Waals surface area (Å²) < 4.78 is 7.54. The van der Waals surface area contributed by atoms with Gasteiger partial charge in [0, 0.05) is 63.9 Å². The van der Waals surface area contributed by atoms with Crippen LogP contribution in [0.3, 0.4) is 0 Å². The lowest BCUT2D eigenvalue weighted by Crippen LogP contribution is -2.41. The Morgan fingerprint density at radius 1 is 1.34 bits per heavy atom. The quantitative estimate of drug-likeness (QED) is 0.797. The number of carbonyl (C=O) groups is 1. The number of rotatable bonds is 6. The summed E-state index contributed by atoms with van der Waals surface area (Å²) in [6, 6.07) is 7.92. The third-order valence-electron chi connectivity index (χ3n) is 5.95. The number of anilines is 1. The van der Waals surface area contributed by atoms with Crippen LogP contribution in [0.1, 0.15) is 36.8 Å². The molecular formula is C21H30N6O2. The number of nitrogens with zero attached hydrogens (tertiary/aromatic N) is 5. The third-order valence-corrected chi connectivity index (χ3v) is 5.95. The van der Waals surface area contributed by atoms with Crippen LogP contribution in [-0.4, -0.2) is 65.9 Å². The second kappa shape index (κ2) is 8.82. The van der Waals surface area contributed by atoms with Gasteiger partial charge in [-0.2, -0.15) is 0 Å². The lowest BCUT2D eigenvalue weighted by Gasteiger charge is -2.33. The second-order valence-corrected chi connectivity index (χ2v) is 7.85. The highest BCUT2D eigenvalue weighted by Crippen LogP contribution is 2.27. The number of fused-ring (bicyclic) bond motifs is 1. The molecule has 0 spiro atoms. The Morgan fingerprint density at radius 2 is 2.24 bits per heavy atom. The van der Waals surface area contributed by atoms with E-state index in [1.54, 1.807) is 7.11 Å². The molecule has 8 heteroatoms. The molecule has 4 rings (SSSR count). The molecule has 2 aromatic rings. The molecule has 0 saturated carbocycles. The number of hydrogen-bond donors (Lipinski definition) is 1. The van der Waals surface area contributed by atoms with E-state index in [4.69, 9.17) is 4.74 Å². The summed E-state index contributed by atoms with van der Waals surface area (Å²) in [5, 5.41) is 12.1. The van der Waals surface area contributed by atoms with Gasteiger partial charge in [-0.15, -0.1) is 10.2 Å². The van der Waals surface area contributed by atoms with E-state index in [1.165, 1.54) is 0 Å². The Bertz CT molecular complexity index is 851. The molecule has 1 amide bonds. The van der Waals surface area contributed by atoms with Gasteiger partial charge in [-0.25, -0.2) is 0 Å². The Balaban J connectivity index is 1.34. The lowest BCUT2D eigenvalue weighted by molar-refractivity contribution is -0.132. The van der Waals surface area contributed by atoms with E-state index in [-0.39, 0.29) is 11.8 Å². The smallest absolute Gasteiger partial charge is 0.224 e. The van der Waals surface area contributed by atoms with Crippen LogP contribution >= 0.6 is 0 Å². The Kier molecular flexibility index (Phi) is 5.99. The number of piperidine rings is 1. The first-order chi connectivity index (χ1) is 14.2. The van der Waals surface area contributed by atoms with Crippen molar-refractivity contribution in [1.82, 2.24) is 25.0 Å². The highest BCUT2D eigenvalue weighted by Gasteiger charge is 2.29. The summed E-state index contributed by atoms with van der Waals surface area (Å²) in [4.78, 5) is 17.0. The normalized spacial score (nSPS) is 19.0. The maximum atomic E-state index is 12.9. The molecule has 29 heavy (non-hydrogen) atoms. The second-order valence-electron chi connectivity index (χ2n) is 7.85. The van der Waals surface area contributed by atoms with Crippen molar-refractivity contribution in [2.24, 2.45) is 0 Å². The van der Waals surface area contributed by atoms with E-state index in [0.717, 1.165) is 68.7 Å². The van der Waals surface area contributed by atoms with Crippen LogP contribution in [0.25, 0.3) is 0 Å². The Morgan fingerprint density at radius 3 is 3.10 bits per heavy atom. The highest BCUT2D eigenvalue weighted by atomic mass is 16.5. The van der Waals surface area contributed by atoms with Gasteiger partial charge in [-0.1, -0.05) is 6.07 Å². The molecule has 0 aliphatic carbocycles. The van der Waals surface area contributed by atoms with Crippen LogP contribution in [0.15, 0.2) is 24.3 Å². The van der Waals surface area contributed by atoms with Gasteiger partial charge in [0.15, 0.2) is 0 Å². The first kappa shape index (κ1) is 19.7. The van der Waals surface area contributed by atoms with Crippen LogP contribution in [0.2, 0.25) is 0 Å². The average molecular weight is 399 g/mol. The molecule has 3 heterocycles. The number of hydrogen-bond acceptors (Lipinski definition) is 6. The van der Waals surface area contributed by atoms with Crippen molar-refractivity contribution in [2.75, 3.05) is 45.2 Å². The van der Waals surface area contributed by atoms with Gasteiger partial charge < -0.3 is 24.4 Å². The number of ether oxygens (including phenoxy) is 1. The summed E-state index contributed by atoms with van der Waals surface area (Å²) in [7, 11) is 3.68. The van der Waals surface area contributed by atoms with E-state index in [9.17, 15) is 4.79 Å². The number of amides is 1. The van der Waals surface area contributed by atoms with Crippen molar-refractivity contribution >= 4 is 11.6 Å². The largest absolute Gasteiger partial charge is 0.497 e. The number of aromatic nitrogens is 3. The summed E-state index contributed by atoms with van der Waals surface area (Å²) in [5.41, 5.74) is 1.05. The minimum Gasteiger partial charge on any atom is -0.497 e. The molecule has 1 aromatic carbocycles. The average Bonchev–Trinajstić information content (AvgIpc) is 3.21. The van der Waals surface area contributed by atoms with E-state index in [2.05, 4.69) is 25.0 Å². The molecule has 1 saturated heterocycles. The summed E-state index contributed by atoms with van der Waals surface area (Å²) in [6.07, 6.45) is 2.59. The number of carbonyl (C=O) groups excluding carboxylic acids is 1. The molecule has 156 valence electrons. The van der Waals surface area contributed by atoms with Crippen molar-refractivity contribution in [3.63, 3.8) is 0 Å². The number of benzene rings is 1. The zero-order valence-electron chi connectivity index (χ0n) is 17.3. The fourth-order valence-corrected chi connectivity index (χ4v) is 4.23. The molecule has 0 unspecified atom stereocenters. The Labute approximate surface area is 171 Å². The van der Waals surface area contributed by atoms with Crippen LogP contribution in [0, 0.1) is 0 Å². The predicted molar refractivity (Wildman–Crippen MR) is 111 cm³/mol. The molecule has 1 atom stereocenters. The van der Waals surface area contributed by atoms with Gasteiger partial charge in [0.1, 0.15) is 17.4 Å². The fraction of sp³-hybridized carbons (Fsp3) is 0.571. The molecule has 2 aliphatic rings. The van der Waals surface area contributed by atoms with E-state index in [0.29, 0.717) is 13.0 Å². The maximum absolute atomic E-state index is 12.9. The summed E-state index contributed by atoms with van der Waals surface area (Å²) in [5.74, 6) is 3.38. The minimum atomic E-state index is 0.212. The highest BCUT2D eigenvalue weighted by molar-refractivity contribution is 5.77. The van der Waals surface area contributed by atoms with Crippen molar-refractivity contribution in [3.8, 4) is 5.75 Å². The first-order valence-electron chi connectivity index (χ1n) is 10.4. The monoisotopic (exact) mass is 398 g/mol. The van der Waals surface area contributed by atoms with Crippen LogP contribution in [0.5, 0.6) is 5.75 Å². The van der Waals surface area contributed by atoms with Gasteiger partial charge in [0.05, 0.1) is 13.7 Å². The zero-order chi connectivity index (χ0) is 20.2. The van der Waals surface area contributed by atoms with E-state index >= 15 is 0 Å². The molecule has 1 fully saturated rings. The van der Waals surface area contributed by atoms with Crippen molar-refractivity contribution < 1.29 is 9.53 Å². The van der Waals surface area contributed by atoms with Crippen molar-refractivity contribution in [1.29, 1.82) is 0 Å². The van der Waals surface area contributed by atoms with Gasteiger partial charge in [0.25, 0.3) is 0 Å². The summed E-state index contributed by atoms with van der Waals surface area (Å²) in [6.45, 7) is 4.89. The number of methoxy groups -OCH3 is 1. The summed E-state index contributed by atoms with van der Waals surface area (Å²) >= 11 is 0. The molecule has 0 bridgehead atoms.